The molecule has 18 heavy (non-hydrogen) atoms. The van der Waals surface area contributed by atoms with Gasteiger partial charge in [0.1, 0.15) is 11.5 Å². The Labute approximate surface area is 110 Å². The van der Waals surface area contributed by atoms with Crippen LogP contribution < -0.4 is 10.5 Å². The van der Waals surface area contributed by atoms with Crippen molar-refractivity contribution in [2.75, 3.05) is 0 Å². The van der Waals surface area contributed by atoms with Gasteiger partial charge in [-0.1, -0.05) is 15.9 Å². The first kappa shape index (κ1) is 12.4. The summed E-state index contributed by atoms with van der Waals surface area (Å²) >= 11 is 3.21. The van der Waals surface area contributed by atoms with E-state index >= 15 is 0 Å². The first-order valence-corrected chi connectivity index (χ1v) is 5.65. The zero-order valence-corrected chi connectivity index (χ0v) is 10.6. The molecule has 2 aromatic rings. The lowest BCUT2D eigenvalue weighted by Gasteiger charge is -2.06. The van der Waals surface area contributed by atoms with Crippen molar-refractivity contribution in [2.24, 2.45) is 5.73 Å². The van der Waals surface area contributed by atoms with Crippen molar-refractivity contribution < 1.29 is 9.13 Å². The molecule has 0 bridgehead atoms. The predicted octanol–water partition coefficient (Wildman–Crippen LogP) is 2.45. The largest absolute Gasteiger partial charge is 0.434 e. The van der Waals surface area contributed by atoms with Gasteiger partial charge in [0.25, 0.3) is 0 Å². The van der Waals surface area contributed by atoms with E-state index in [1.54, 1.807) is 6.07 Å². The summed E-state index contributed by atoms with van der Waals surface area (Å²) in [6, 6.07) is 4.32. The molecule has 92 valence electrons. The summed E-state index contributed by atoms with van der Waals surface area (Å²) in [4.78, 5) is 7.73. The van der Waals surface area contributed by atoms with Crippen LogP contribution in [0, 0.1) is 11.2 Å². The minimum atomic E-state index is -0.504. The Morgan fingerprint density at radius 3 is 2.72 bits per heavy atom. The molecule has 0 fully saturated rings. The number of hydrogen-bond acceptors (Lipinski definition) is 4. The van der Waals surface area contributed by atoms with Crippen LogP contribution in [0.5, 0.6) is 11.6 Å². The van der Waals surface area contributed by atoms with E-state index < -0.39 is 5.82 Å². The SMILES string of the molecule is N=C(N)c1cnc(Oc2cc(Br)ccc2F)cn1. The lowest BCUT2D eigenvalue weighted by atomic mass is 10.3. The molecule has 7 heteroatoms. The number of nitrogens with one attached hydrogen (secondary N) is 1. The number of benzene rings is 1. The van der Waals surface area contributed by atoms with Crippen LogP contribution >= 0.6 is 15.9 Å². The standard InChI is InChI=1S/C11H8BrFN4O/c12-6-1-2-7(13)9(3-6)18-10-5-16-8(4-17-10)11(14)15/h1-5H,(H3,14,15). The van der Waals surface area contributed by atoms with Crippen molar-refractivity contribution in [1.82, 2.24) is 9.97 Å². The van der Waals surface area contributed by atoms with Crippen LogP contribution in [-0.4, -0.2) is 15.8 Å². The predicted molar refractivity (Wildman–Crippen MR) is 67.2 cm³/mol. The van der Waals surface area contributed by atoms with E-state index in [4.69, 9.17) is 15.9 Å². The number of ether oxygens (including phenoxy) is 1. The summed E-state index contributed by atoms with van der Waals surface area (Å²) in [5.41, 5.74) is 5.47. The topological polar surface area (TPSA) is 84.9 Å². The Hall–Kier alpha value is -2.02. The number of nitrogens with zero attached hydrogens (tertiary/aromatic N) is 2. The first-order valence-electron chi connectivity index (χ1n) is 4.85. The molecule has 0 radical (unpaired) electrons. The molecular weight excluding hydrogens is 303 g/mol. The molecule has 0 aliphatic carbocycles. The molecule has 0 unspecified atom stereocenters. The van der Waals surface area contributed by atoms with Crippen LogP contribution in [0.3, 0.4) is 0 Å². The van der Waals surface area contributed by atoms with E-state index in [2.05, 4.69) is 25.9 Å². The number of nitrogens with two attached hydrogens (primary N) is 1. The maximum absolute atomic E-state index is 13.4. The normalized spacial score (nSPS) is 10.1. The number of amidine groups is 1. The molecule has 0 atom stereocenters. The summed E-state index contributed by atoms with van der Waals surface area (Å²) in [6.45, 7) is 0. The van der Waals surface area contributed by atoms with Gasteiger partial charge in [0.05, 0.1) is 12.4 Å². The fourth-order valence-corrected chi connectivity index (χ4v) is 1.52. The Bertz CT molecular complexity index is 588. The van der Waals surface area contributed by atoms with Gasteiger partial charge >= 0.3 is 0 Å². The van der Waals surface area contributed by atoms with Crippen LogP contribution in [0.2, 0.25) is 0 Å². The number of hydrogen-bond donors (Lipinski definition) is 2. The van der Waals surface area contributed by atoms with Gasteiger partial charge in [-0.2, -0.15) is 0 Å². The average molecular weight is 311 g/mol. The summed E-state index contributed by atoms with van der Waals surface area (Å²) < 4.78 is 19.3. The van der Waals surface area contributed by atoms with Gasteiger partial charge in [-0.25, -0.2) is 14.4 Å². The lowest BCUT2D eigenvalue weighted by Crippen LogP contribution is -2.13. The van der Waals surface area contributed by atoms with Gasteiger partial charge in [-0.15, -0.1) is 0 Å². The monoisotopic (exact) mass is 310 g/mol. The zero-order valence-electron chi connectivity index (χ0n) is 9.02. The highest BCUT2D eigenvalue weighted by Crippen LogP contribution is 2.25. The lowest BCUT2D eigenvalue weighted by molar-refractivity contribution is 0.425. The second-order valence-electron chi connectivity index (χ2n) is 3.33. The molecule has 0 aliphatic heterocycles. The van der Waals surface area contributed by atoms with Gasteiger partial charge in [0, 0.05) is 4.47 Å². The summed E-state index contributed by atoms with van der Waals surface area (Å²) in [6.07, 6.45) is 2.56. The third kappa shape index (κ3) is 2.80. The quantitative estimate of drug-likeness (QED) is 0.673. The number of nitrogen functional groups attached to an aromatic ring is 1. The highest BCUT2D eigenvalue weighted by molar-refractivity contribution is 9.10. The Morgan fingerprint density at radius 2 is 2.11 bits per heavy atom. The van der Waals surface area contributed by atoms with E-state index in [1.807, 2.05) is 0 Å². The average Bonchev–Trinajstić information content (AvgIpc) is 2.34. The first-order chi connectivity index (χ1) is 8.56. The fraction of sp³-hybridized carbons (Fsp3) is 0. The molecule has 1 aromatic heterocycles. The molecule has 5 nitrogen and oxygen atoms in total. The van der Waals surface area contributed by atoms with Crippen molar-refractivity contribution in [3.05, 3.63) is 46.6 Å². The van der Waals surface area contributed by atoms with E-state index in [0.29, 0.717) is 4.47 Å². The Balaban J connectivity index is 2.23. The highest BCUT2D eigenvalue weighted by Gasteiger charge is 2.07. The molecule has 0 amide bonds. The number of rotatable bonds is 3. The second-order valence-corrected chi connectivity index (χ2v) is 4.25. The Morgan fingerprint density at radius 1 is 1.33 bits per heavy atom. The van der Waals surface area contributed by atoms with Crippen LogP contribution in [0.25, 0.3) is 0 Å². The van der Waals surface area contributed by atoms with Crippen LogP contribution in [0.1, 0.15) is 5.69 Å². The number of aromatic nitrogens is 2. The number of halogens is 2. The van der Waals surface area contributed by atoms with Crippen molar-refractivity contribution in [3.8, 4) is 11.6 Å². The molecule has 1 heterocycles. The van der Waals surface area contributed by atoms with E-state index in [0.717, 1.165) is 0 Å². The smallest absolute Gasteiger partial charge is 0.238 e. The van der Waals surface area contributed by atoms with Gasteiger partial charge in [-0.3, -0.25) is 5.41 Å². The minimum Gasteiger partial charge on any atom is -0.434 e. The summed E-state index contributed by atoms with van der Waals surface area (Å²) in [5, 5.41) is 7.16. The summed E-state index contributed by atoms with van der Waals surface area (Å²) in [7, 11) is 0. The van der Waals surface area contributed by atoms with Gasteiger partial charge in [-0.05, 0) is 18.2 Å². The Kier molecular flexibility index (Phi) is 3.52. The minimum absolute atomic E-state index is 0.0363. The van der Waals surface area contributed by atoms with Gasteiger partial charge in [0.2, 0.25) is 5.88 Å². The van der Waals surface area contributed by atoms with Crippen LogP contribution in [0.15, 0.2) is 35.1 Å². The molecule has 0 aliphatic rings. The van der Waals surface area contributed by atoms with Gasteiger partial charge < -0.3 is 10.5 Å². The molecule has 0 saturated heterocycles. The van der Waals surface area contributed by atoms with Crippen LogP contribution in [0.4, 0.5) is 4.39 Å². The van der Waals surface area contributed by atoms with Crippen molar-refractivity contribution in [3.63, 3.8) is 0 Å². The van der Waals surface area contributed by atoms with E-state index in [9.17, 15) is 4.39 Å². The van der Waals surface area contributed by atoms with Crippen molar-refractivity contribution in [1.29, 1.82) is 5.41 Å². The van der Waals surface area contributed by atoms with Gasteiger partial charge in [0.15, 0.2) is 11.6 Å². The molecule has 2 rings (SSSR count). The van der Waals surface area contributed by atoms with E-state index in [-0.39, 0.29) is 23.2 Å². The molecule has 0 spiro atoms. The third-order valence-corrected chi connectivity index (χ3v) is 2.51. The molecular formula is C11H8BrFN4O. The third-order valence-electron chi connectivity index (χ3n) is 2.01. The van der Waals surface area contributed by atoms with Crippen LogP contribution in [-0.2, 0) is 0 Å². The molecule has 0 saturated carbocycles. The van der Waals surface area contributed by atoms with Crippen molar-refractivity contribution >= 4 is 21.8 Å². The molecule has 1 aromatic carbocycles. The summed E-state index contributed by atoms with van der Waals surface area (Å²) in [5.74, 6) is -0.537. The second kappa shape index (κ2) is 5.09. The maximum atomic E-state index is 13.4. The zero-order chi connectivity index (χ0) is 13.1. The maximum Gasteiger partial charge on any atom is 0.238 e. The fourth-order valence-electron chi connectivity index (χ4n) is 1.18. The van der Waals surface area contributed by atoms with Crippen molar-refractivity contribution in [2.45, 2.75) is 0 Å². The van der Waals surface area contributed by atoms with E-state index in [1.165, 1.54) is 24.5 Å². The molecule has 3 N–H and O–H groups in total. The highest BCUT2D eigenvalue weighted by atomic mass is 79.9.